The van der Waals surface area contributed by atoms with Crippen molar-refractivity contribution in [2.24, 2.45) is 0 Å². The molecule has 3 aromatic rings. The second-order valence-electron chi connectivity index (χ2n) is 7.74. The van der Waals surface area contributed by atoms with Crippen molar-refractivity contribution in [3.8, 4) is 0 Å². The van der Waals surface area contributed by atoms with Gasteiger partial charge in [-0.1, -0.05) is 18.2 Å². The fourth-order valence-corrected chi connectivity index (χ4v) is 5.64. The molecule has 0 N–H and O–H groups in total. The van der Waals surface area contributed by atoms with E-state index < -0.39 is 21.8 Å². The number of sulfonamides is 1. The zero-order valence-electron chi connectivity index (χ0n) is 18.0. The number of para-hydroxylation sites is 1. The van der Waals surface area contributed by atoms with Crippen LogP contribution in [0.4, 0.5) is 4.39 Å². The molecule has 0 bridgehead atoms. The summed E-state index contributed by atoms with van der Waals surface area (Å²) in [6, 6.07) is 12.5. The molecule has 0 spiro atoms. The second-order valence-corrected chi connectivity index (χ2v) is 9.74. The summed E-state index contributed by atoms with van der Waals surface area (Å²) in [4.78, 5) is 11.9. The van der Waals surface area contributed by atoms with Crippen LogP contribution in [0.3, 0.4) is 0 Å². The van der Waals surface area contributed by atoms with Crippen molar-refractivity contribution in [2.45, 2.75) is 37.2 Å². The van der Waals surface area contributed by atoms with E-state index in [1.807, 2.05) is 24.3 Å². The Kier molecular flexibility index (Phi) is 6.17. The Morgan fingerprint density at radius 2 is 1.94 bits per heavy atom. The average molecular weight is 457 g/mol. The molecule has 0 amide bonds. The van der Waals surface area contributed by atoms with Crippen LogP contribution in [0.15, 0.2) is 59.5 Å². The van der Waals surface area contributed by atoms with Crippen LogP contribution in [0.1, 0.15) is 24.6 Å². The van der Waals surface area contributed by atoms with E-state index in [2.05, 4.69) is 4.57 Å². The van der Waals surface area contributed by atoms with Crippen LogP contribution >= 0.6 is 0 Å². The van der Waals surface area contributed by atoms with Crippen LogP contribution in [0, 0.1) is 5.82 Å². The van der Waals surface area contributed by atoms with Gasteiger partial charge in [0.1, 0.15) is 5.82 Å². The third-order valence-corrected chi connectivity index (χ3v) is 7.83. The normalized spacial score (nSPS) is 16.6. The Morgan fingerprint density at radius 3 is 2.66 bits per heavy atom. The minimum atomic E-state index is -3.75. The minimum absolute atomic E-state index is 0.0719. The molecule has 0 fully saturated rings. The van der Waals surface area contributed by atoms with Crippen molar-refractivity contribution in [2.75, 3.05) is 13.7 Å². The first-order valence-corrected chi connectivity index (χ1v) is 12.0. The van der Waals surface area contributed by atoms with E-state index in [1.54, 1.807) is 20.0 Å². The molecule has 1 aliphatic heterocycles. The van der Waals surface area contributed by atoms with E-state index >= 15 is 0 Å². The van der Waals surface area contributed by atoms with E-state index in [0.29, 0.717) is 26.0 Å². The molecule has 4 rings (SSSR count). The quantitative estimate of drug-likeness (QED) is 0.416. The van der Waals surface area contributed by atoms with Crippen LogP contribution in [0.25, 0.3) is 17.0 Å². The molecule has 1 unspecified atom stereocenters. The lowest BCUT2D eigenvalue weighted by atomic mass is 10.0. The summed E-state index contributed by atoms with van der Waals surface area (Å²) in [6.45, 7) is 2.56. The number of hydrogen-bond donors (Lipinski definition) is 0. The van der Waals surface area contributed by atoms with Crippen molar-refractivity contribution in [3.63, 3.8) is 0 Å². The first-order chi connectivity index (χ1) is 15.3. The molecule has 1 aliphatic rings. The van der Waals surface area contributed by atoms with Gasteiger partial charge < -0.3 is 9.30 Å². The Balaban J connectivity index is 1.67. The Morgan fingerprint density at radius 1 is 1.22 bits per heavy atom. The molecular weight excluding hydrogens is 431 g/mol. The van der Waals surface area contributed by atoms with Crippen LogP contribution in [0.2, 0.25) is 0 Å². The van der Waals surface area contributed by atoms with Gasteiger partial charge in [-0.25, -0.2) is 17.6 Å². The first-order valence-electron chi connectivity index (χ1n) is 10.5. The third kappa shape index (κ3) is 4.08. The predicted octanol–water partition coefficient (Wildman–Crippen LogP) is 3.99. The topological polar surface area (TPSA) is 68.6 Å². The standard InChI is InChI=1S/C24H25FN2O4S/c1-3-31-24(28)15-13-21-20-6-4-5-7-22(20)27-16-18(10-14-23(21)27)26(2)32(29,30)19-11-8-17(25)9-12-19/h4-9,11-13,15,18H,3,10,14,16H2,1-2H3/b15-13+. The van der Waals surface area contributed by atoms with Gasteiger partial charge in [-0.05, 0) is 56.2 Å². The molecule has 1 atom stereocenters. The summed E-state index contributed by atoms with van der Waals surface area (Å²) in [7, 11) is -2.18. The van der Waals surface area contributed by atoms with Gasteiger partial charge in [0.25, 0.3) is 0 Å². The van der Waals surface area contributed by atoms with Gasteiger partial charge in [0.2, 0.25) is 10.0 Å². The number of carbonyl (C=O) groups excluding carboxylic acids is 1. The number of likely N-dealkylation sites (N-methyl/N-ethyl adjacent to an activating group) is 1. The van der Waals surface area contributed by atoms with Gasteiger partial charge in [-0.3, -0.25) is 0 Å². The Labute approximate surface area is 187 Å². The molecule has 32 heavy (non-hydrogen) atoms. The number of hydrogen-bond acceptors (Lipinski definition) is 4. The lowest BCUT2D eigenvalue weighted by Crippen LogP contribution is -2.42. The highest BCUT2D eigenvalue weighted by Crippen LogP contribution is 2.34. The summed E-state index contributed by atoms with van der Waals surface area (Å²) in [6.07, 6.45) is 4.51. The van der Waals surface area contributed by atoms with E-state index in [9.17, 15) is 17.6 Å². The molecule has 0 aliphatic carbocycles. The molecule has 8 heteroatoms. The number of halogens is 1. The van der Waals surface area contributed by atoms with Crippen molar-refractivity contribution < 1.29 is 22.3 Å². The Bertz CT molecular complexity index is 1280. The zero-order chi connectivity index (χ0) is 22.9. The number of carbonyl (C=O) groups is 1. The lowest BCUT2D eigenvalue weighted by molar-refractivity contribution is -0.137. The van der Waals surface area contributed by atoms with E-state index in [1.165, 1.54) is 22.5 Å². The van der Waals surface area contributed by atoms with Gasteiger partial charge in [0, 0.05) is 47.9 Å². The molecule has 1 aromatic heterocycles. The predicted molar refractivity (Wildman–Crippen MR) is 121 cm³/mol. The van der Waals surface area contributed by atoms with Crippen LogP contribution in [-0.4, -0.2) is 43.0 Å². The van der Waals surface area contributed by atoms with Crippen LogP contribution < -0.4 is 0 Å². The molecule has 6 nitrogen and oxygen atoms in total. The maximum absolute atomic E-state index is 13.3. The highest BCUT2D eigenvalue weighted by Gasteiger charge is 2.32. The fraction of sp³-hybridized carbons (Fsp3) is 0.292. The number of ether oxygens (including phenoxy) is 1. The molecule has 0 radical (unpaired) electrons. The van der Waals surface area contributed by atoms with Crippen molar-refractivity contribution in [1.29, 1.82) is 0 Å². The van der Waals surface area contributed by atoms with Gasteiger partial charge in [-0.2, -0.15) is 4.31 Å². The van der Waals surface area contributed by atoms with Crippen LogP contribution in [-0.2, 0) is 32.5 Å². The number of aromatic nitrogens is 1. The van der Waals surface area contributed by atoms with Gasteiger partial charge in [-0.15, -0.1) is 0 Å². The molecule has 168 valence electrons. The summed E-state index contributed by atoms with van der Waals surface area (Å²) in [5.41, 5.74) is 3.01. The average Bonchev–Trinajstić information content (AvgIpc) is 3.10. The van der Waals surface area contributed by atoms with Gasteiger partial charge in [0.05, 0.1) is 11.5 Å². The minimum Gasteiger partial charge on any atom is -0.463 e. The van der Waals surface area contributed by atoms with E-state index in [4.69, 9.17) is 4.74 Å². The molecule has 2 aromatic carbocycles. The van der Waals surface area contributed by atoms with Gasteiger partial charge >= 0.3 is 5.97 Å². The summed E-state index contributed by atoms with van der Waals surface area (Å²) in [5.74, 6) is -0.869. The number of benzene rings is 2. The second kappa shape index (κ2) is 8.88. The first kappa shape index (κ1) is 22.2. The zero-order valence-corrected chi connectivity index (χ0v) is 18.8. The molecule has 0 saturated carbocycles. The lowest BCUT2D eigenvalue weighted by Gasteiger charge is -2.32. The van der Waals surface area contributed by atoms with Crippen molar-refractivity contribution >= 4 is 33.0 Å². The third-order valence-electron chi connectivity index (χ3n) is 5.91. The monoisotopic (exact) mass is 456 g/mol. The Hall–Kier alpha value is -2.97. The van der Waals surface area contributed by atoms with Gasteiger partial charge in [0.15, 0.2) is 0 Å². The number of nitrogens with zero attached hydrogens (tertiary/aromatic N) is 2. The number of fused-ring (bicyclic) bond motifs is 3. The summed E-state index contributed by atoms with van der Waals surface area (Å²) in [5, 5.41) is 1.01. The summed E-state index contributed by atoms with van der Waals surface area (Å²) >= 11 is 0. The summed E-state index contributed by atoms with van der Waals surface area (Å²) < 4.78 is 48.0. The molecule has 2 heterocycles. The van der Waals surface area contributed by atoms with Crippen molar-refractivity contribution in [1.82, 2.24) is 8.87 Å². The fourth-order valence-electron chi connectivity index (χ4n) is 4.26. The SMILES string of the molecule is CCOC(=O)/C=C/c1c2n(c3ccccc13)CC(N(C)S(=O)(=O)c1ccc(F)cc1)CC2. The van der Waals surface area contributed by atoms with E-state index in [-0.39, 0.29) is 10.9 Å². The highest BCUT2D eigenvalue weighted by molar-refractivity contribution is 7.89. The molecular formula is C24H25FN2O4S. The van der Waals surface area contributed by atoms with Crippen molar-refractivity contribution in [3.05, 3.63) is 71.7 Å². The highest BCUT2D eigenvalue weighted by atomic mass is 32.2. The maximum Gasteiger partial charge on any atom is 0.330 e. The number of esters is 1. The maximum atomic E-state index is 13.3. The van der Waals surface area contributed by atoms with Crippen LogP contribution in [0.5, 0.6) is 0 Å². The number of rotatable bonds is 6. The van der Waals surface area contributed by atoms with E-state index in [0.717, 1.165) is 34.3 Å². The largest absolute Gasteiger partial charge is 0.463 e. The molecule has 0 saturated heterocycles. The smallest absolute Gasteiger partial charge is 0.330 e.